The molecule has 1 unspecified atom stereocenters. The minimum atomic E-state index is -0.0615. The molecule has 2 heterocycles. The smallest absolute Gasteiger partial charge is 0.240 e. The summed E-state index contributed by atoms with van der Waals surface area (Å²) in [6, 6.07) is 0. The quantitative estimate of drug-likeness (QED) is 0.613. The van der Waals surface area contributed by atoms with Crippen molar-refractivity contribution in [3.8, 4) is 0 Å². The molecular weight excluding hydrogens is 172 g/mol. The van der Waals surface area contributed by atoms with E-state index in [2.05, 4.69) is 4.99 Å². The van der Waals surface area contributed by atoms with Gasteiger partial charge in [-0.1, -0.05) is 11.8 Å². The number of rotatable bonds is 1. The molecule has 0 N–H and O–H groups in total. The Kier molecular flexibility index (Phi) is 1.84. The Hall–Kier alpha value is -0.900. The molecule has 2 rings (SSSR count). The van der Waals surface area contributed by atoms with Crippen molar-refractivity contribution in [3.05, 3.63) is 24.1 Å². The summed E-state index contributed by atoms with van der Waals surface area (Å²) < 4.78 is 5.51. The summed E-state index contributed by atoms with van der Waals surface area (Å²) in [5.74, 6) is 1.80. The second kappa shape index (κ2) is 2.86. The Balaban J connectivity index is 2.27. The highest BCUT2D eigenvalue weighted by molar-refractivity contribution is 7.99. The molecule has 0 aromatic carbocycles. The van der Waals surface area contributed by atoms with E-state index in [-0.39, 0.29) is 5.56 Å². The lowest BCUT2D eigenvalue weighted by atomic mass is 10.3. The van der Waals surface area contributed by atoms with E-state index in [9.17, 15) is 0 Å². The summed E-state index contributed by atoms with van der Waals surface area (Å²) in [7, 11) is 1.97. The number of allylic oxidation sites excluding steroid dienone is 2. The van der Waals surface area contributed by atoms with Crippen LogP contribution in [-0.2, 0) is 4.74 Å². The topological polar surface area (TPSA) is 24.8 Å². The lowest BCUT2D eigenvalue weighted by molar-refractivity contribution is 0.231. The molecule has 3 nitrogen and oxygen atoms in total. The summed E-state index contributed by atoms with van der Waals surface area (Å²) in [4.78, 5) is 6.34. The van der Waals surface area contributed by atoms with Gasteiger partial charge in [0.15, 0.2) is 11.6 Å². The van der Waals surface area contributed by atoms with Crippen LogP contribution in [-0.4, -0.2) is 29.6 Å². The van der Waals surface area contributed by atoms with Gasteiger partial charge in [-0.05, 0) is 18.4 Å². The fraction of sp³-hybridized carbons (Fsp3) is 0.375. The van der Waals surface area contributed by atoms with Gasteiger partial charge in [-0.3, -0.25) is 0 Å². The molecule has 0 fully saturated rings. The Labute approximate surface area is 75.8 Å². The largest absolute Gasteiger partial charge is 0.455 e. The average Bonchev–Trinajstić information content (AvgIpc) is 2.49. The van der Waals surface area contributed by atoms with Gasteiger partial charge in [0.1, 0.15) is 0 Å². The van der Waals surface area contributed by atoms with E-state index < -0.39 is 0 Å². The summed E-state index contributed by atoms with van der Waals surface area (Å²) >= 11 is 1.60. The molecule has 2 aliphatic rings. The number of hydrogen-bond donors (Lipinski definition) is 0. The van der Waals surface area contributed by atoms with E-state index in [1.54, 1.807) is 11.8 Å². The first-order chi connectivity index (χ1) is 5.81. The zero-order valence-electron chi connectivity index (χ0n) is 7.02. The summed E-state index contributed by atoms with van der Waals surface area (Å²) in [5.41, 5.74) is -0.0615. The Morgan fingerprint density at radius 1 is 1.67 bits per heavy atom. The number of fused-ring (bicyclic) bond motifs is 1. The van der Waals surface area contributed by atoms with Crippen molar-refractivity contribution in [1.82, 2.24) is 4.90 Å². The Bertz CT molecular complexity index is 283. The van der Waals surface area contributed by atoms with Gasteiger partial charge in [-0.25, -0.2) is 4.99 Å². The van der Waals surface area contributed by atoms with Gasteiger partial charge in [0, 0.05) is 13.2 Å². The van der Waals surface area contributed by atoms with Crippen LogP contribution in [0.3, 0.4) is 0 Å². The number of nitrogens with zero attached hydrogens (tertiary/aromatic N) is 2. The van der Waals surface area contributed by atoms with E-state index in [0.29, 0.717) is 0 Å². The lowest BCUT2D eigenvalue weighted by Crippen LogP contribution is -2.22. The van der Waals surface area contributed by atoms with E-state index in [4.69, 9.17) is 4.74 Å². The highest BCUT2D eigenvalue weighted by atomic mass is 32.2. The predicted octanol–water partition coefficient (Wildman–Crippen LogP) is 1.40. The van der Waals surface area contributed by atoms with Gasteiger partial charge >= 0.3 is 0 Å². The predicted molar refractivity (Wildman–Crippen MR) is 50.8 cm³/mol. The van der Waals surface area contributed by atoms with Gasteiger partial charge in [0.2, 0.25) is 5.56 Å². The number of amidine groups is 1. The maximum atomic E-state index is 5.51. The van der Waals surface area contributed by atoms with Gasteiger partial charge in [-0.15, -0.1) is 0 Å². The Morgan fingerprint density at radius 3 is 3.17 bits per heavy atom. The molecule has 0 bridgehead atoms. The molecule has 0 saturated carbocycles. The van der Waals surface area contributed by atoms with Gasteiger partial charge in [0.25, 0.3) is 0 Å². The first-order valence-electron chi connectivity index (χ1n) is 3.70. The normalized spacial score (nSPS) is 26.2. The van der Waals surface area contributed by atoms with Crippen molar-refractivity contribution in [1.29, 1.82) is 0 Å². The molecule has 0 aliphatic carbocycles. The van der Waals surface area contributed by atoms with E-state index in [0.717, 1.165) is 11.6 Å². The third-order valence-electron chi connectivity index (χ3n) is 1.77. The van der Waals surface area contributed by atoms with Crippen molar-refractivity contribution in [2.45, 2.75) is 5.56 Å². The zero-order chi connectivity index (χ0) is 8.55. The fourth-order valence-corrected chi connectivity index (χ4v) is 1.57. The minimum absolute atomic E-state index is 0.0615. The molecule has 2 aliphatic heterocycles. The average molecular weight is 182 g/mol. The SMILES string of the molecule is CSC1N=C2C(=CC=CN2C)O1. The van der Waals surface area contributed by atoms with Crippen LogP contribution in [0.1, 0.15) is 0 Å². The minimum Gasteiger partial charge on any atom is -0.455 e. The standard InChI is InChI=1S/C8H10N2OS/c1-10-5-3-4-6-7(10)9-8(11-6)12-2/h3-5,8H,1-2H3. The first kappa shape index (κ1) is 7.73. The number of thioether (sulfide) groups is 1. The molecule has 0 spiro atoms. The van der Waals surface area contributed by atoms with Gasteiger partial charge in [0.05, 0.1) is 0 Å². The van der Waals surface area contributed by atoms with Crippen LogP contribution in [0, 0.1) is 0 Å². The summed E-state index contributed by atoms with van der Waals surface area (Å²) in [6.07, 6.45) is 7.85. The maximum Gasteiger partial charge on any atom is 0.240 e. The molecule has 0 saturated heterocycles. The monoisotopic (exact) mass is 182 g/mol. The third-order valence-corrected chi connectivity index (χ3v) is 2.37. The molecule has 0 aromatic rings. The lowest BCUT2D eigenvalue weighted by Gasteiger charge is -2.16. The number of hydrogen-bond acceptors (Lipinski definition) is 4. The molecule has 12 heavy (non-hydrogen) atoms. The molecule has 4 heteroatoms. The molecular formula is C8H10N2OS. The van der Waals surface area contributed by atoms with E-state index in [1.807, 2.05) is 36.6 Å². The molecule has 1 atom stereocenters. The van der Waals surface area contributed by atoms with Crippen LogP contribution in [0.15, 0.2) is 29.1 Å². The van der Waals surface area contributed by atoms with Crippen LogP contribution in [0.25, 0.3) is 0 Å². The van der Waals surface area contributed by atoms with Crippen molar-refractivity contribution in [3.63, 3.8) is 0 Å². The van der Waals surface area contributed by atoms with Crippen LogP contribution in [0.4, 0.5) is 0 Å². The van der Waals surface area contributed by atoms with Gasteiger partial charge in [-0.2, -0.15) is 0 Å². The highest BCUT2D eigenvalue weighted by Crippen LogP contribution is 2.26. The van der Waals surface area contributed by atoms with Crippen molar-refractivity contribution in [2.24, 2.45) is 4.99 Å². The highest BCUT2D eigenvalue weighted by Gasteiger charge is 2.26. The number of ether oxygens (including phenoxy) is 1. The zero-order valence-corrected chi connectivity index (χ0v) is 7.84. The van der Waals surface area contributed by atoms with Crippen molar-refractivity contribution < 1.29 is 4.74 Å². The second-order valence-electron chi connectivity index (χ2n) is 2.60. The van der Waals surface area contributed by atoms with E-state index in [1.165, 1.54) is 0 Å². The van der Waals surface area contributed by atoms with E-state index >= 15 is 0 Å². The molecule has 64 valence electrons. The number of likely N-dealkylation sites (N-methyl/N-ethyl adjacent to an activating group) is 1. The van der Waals surface area contributed by atoms with Crippen LogP contribution < -0.4 is 0 Å². The first-order valence-corrected chi connectivity index (χ1v) is 4.99. The summed E-state index contributed by atoms with van der Waals surface area (Å²) in [5, 5.41) is 0. The van der Waals surface area contributed by atoms with Crippen molar-refractivity contribution in [2.75, 3.05) is 13.3 Å². The third kappa shape index (κ3) is 1.12. The molecule has 0 radical (unpaired) electrons. The summed E-state index contributed by atoms with van der Waals surface area (Å²) in [6.45, 7) is 0. The Morgan fingerprint density at radius 2 is 2.50 bits per heavy atom. The van der Waals surface area contributed by atoms with Crippen LogP contribution >= 0.6 is 11.8 Å². The van der Waals surface area contributed by atoms with Gasteiger partial charge < -0.3 is 9.64 Å². The van der Waals surface area contributed by atoms with Crippen LogP contribution in [0.5, 0.6) is 0 Å². The van der Waals surface area contributed by atoms with Crippen molar-refractivity contribution >= 4 is 17.6 Å². The fourth-order valence-electron chi connectivity index (χ4n) is 1.16. The van der Waals surface area contributed by atoms with Crippen LogP contribution in [0.2, 0.25) is 0 Å². The number of aliphatic imine (C=N–C) groups is 1. The molecule has 0 aromatic heterocycles. The molecule has 0 amide bonds. The maximum absolute atomic E-state index is 5.51. The second-order valence-corrected chi connectivity index (χ2v) is 3.47.